The van der Waals surface area contributed by atoms with Gasteiger partial charge in [-0.25, -0.2) is 13.1 Å². The first-order chi connectivity index (χ1) is 8.36. The van der Waals surface area contributed by atoms with E-state index >= 15 is 0 Å². The van der Waals surface area contributed by atoms with Crippen LogP contribution in [0, 0.1) is 6.92 Å². The summed E-state index contributed by atoms with van der Waals surface area (Å²) < 4.78 is 26.1. The molecule has 0 heterocycles. The summed E-state index contributed by atoms with van der Waals surface area (Å²) in [6.45, 7) is 3.55. The van der Waals surface area contributed by atoms with Gasteiger partial charge < -0.3 is 11.1 Å². The Kier molecular flexibility index (Phi) is 6.99. The second-order valence-corrected chi connectivity index (χ2v) is 5.61. The molecule has 0 aliphatic heterocycles. The van der Waals surface area contributed by atoms with Crippen LogP contribution < -0.4 is 15.8 Å². The van der Waals surface area contributed by atoms with Crippen molar-refractivity contribution in [2.45, 2.75) is 18.7 Å². The van der Waals surface area contributed by atoms with Crippen LogP contribution in [0.1, 0.15) is 12.5 Å². The van der Waals surface area contributed by atoms with Gasteiger partial charge in [0, 0.05) is 25.7 Å². The molecule has 0 unspecified atom stereocenters. The van der Waals surface area contributed by atoms with Gasteiger partial charge in [-0.3, -0.25) is 4.79 Å². The van der Waals surface area contributed by atoms with Gasteiger partial charge >= 0.3 is 0 Å². The lowest BCUT2D eigenvalue weighted by atomic mass is 10.2. The highest BCUT2D eigenvalue weighted by Gasteiger charge is 2.14. The Morgan fingerprint density at radius 3 is 2.53 bits per heavy atom. The Bertz CT molecular complexity index is 546. The van der Waals surface area contributed by atoms with E-state index in [2.05, 4.69) is 10.0 Å². The summed E-state index contributed by atoms with van der Waals surface area (Å²) in [6.07, 6.45) is 0. The van der Waals surface area contributed by atoms with Crippen LogP contribution >= 0.6 is 12.4 Å². The number of carbonyl (C=O) groups excluding carboxylic acids is 1. The number of nitrogens with two attached hydrogens (primary N) is 1. The van der Waals surface area contributed by atoms with E-state index in [0.717, 1.165) is 5.56 Å². The molecule has 1 rings (SSSR count). The molecule has 0 saturated carbocycles. The molecule has 4 N–H and O–H groups in total. The first-order valence-electron chi connectivity index (χ1n) is 5.45. The molecule has 0 aromatic heterocycles. The van der Waals surface area contributed by atoms with Crippen LogP contribution in [-0.2, 0) is 14.8 Å². The number of nitrogens with one attached hydrogen (secondary N) is 2. The normalized spacial score (nSPS) is 10.7. The van der Waals surface area contributed by atoms with Gasteiger partial charge in [0.25, 0.3) is 0 Å². The van der Waals surface area contributed by atoms with Gasteiger partial charge in [0.15, 0.2) is 0 Å². The van der Waals surface area contributed by atoms with Gasteiger partial charge in [-0.2, -0.15) is 0 Å². The second kappa shape index (κ2) is 7.44. The molecule has 0 spiro atoms. The Balaban J connectivity index is 0.00000324. The fourth-order valence-corrected chi connectivity index (χ4v) is 2.44. The zero-order valence-corrected chi connectivity index (χ0v) is 12.4. The molecule has 0 aliphatic rings. The highest BCUT2D eigenvalue weighted by molar-refractivity contribution is 7.89. The van der Waals surface area contributed by atoms with E-state index < -0.39 is 10.0 Å². The Hall–Kier alpha value is -1.15. The van der Waals surface area contributed by atoms with Crippen LogP contribution in [0.2, 0.25) is 0 Å². The van der Waals surface area contributed by atoms with Gasteiger partial charge in [-0.05, 0) is 24.6 Å². The molecule has 1 aromatic carbocycles. The molecule has 108 valence electrons. The van der Waals surface area contributed by atoms with Crippen molar-refractivity contribution < 1.29 is 13.2 Å². The largest absolute Gasteiger partial charge is 0.329 e. The SMILES string of the molecule is CC(=O)Nc1cc(S(=O)(=O)NCCN)ccc1C.Cl. The van der Waals surface area contributed by atoms with E-state index in [0.29, 0.717) is 5.69 Å². The lowest BCUT2D eigenvalue weighted by Crippen LogP contribution is -2.29. The lowest BCUT2D eigenvalue weighted by molar-refractivity contribution is -0.114. The van der Waals surface area contributed by atoms with E-state index in [1.165, 1.54) is 19.1 Å². The number of anilines is 1. The minimum atomic E-state index is -3.58. The average molecular weight is 308 g/mol. The van der Waals surface area contributed by atoms with Crippen LogP contribution in [0.25, 0.3) is 0 Å². The van der Waals surface area contributed by atoms with Crippen molar-refractivity contribution in [3.05, 3.63) is 23.8 Å². The summed E-state index contributed by atoms with van der Waals surface area (Å²) in [6, 6.07) is 4.55. The fourth-order valence-electron chi connectivity index (χ4n) is 1.37. The Morgan fingerprint density at radius 2 is 2.00 bits per heavy atom. The predicted molar refractivity (Wildman–Crippen MR) is 77.0 cm³/mol. The van der Waals surface area contributed by atoms with Gasteiger partial charge in [0.1, 0.15) is 0 Å². The minimum absolute atomic E-state index is 0. The second-order valence-electron chi connectivity index (χ2n) is 3.84. The maximum absolute atomic E-state index is 11.9. The molecule has 0 radical (unpaired) electrons. The standard InChI is InChI=1S/C11H17N3O3S.ClH/c1-8-3-4-10(7-11(8)14-9(2)15)18(16,17)13-6-5-12;/h3-4,7,13H,5-6,12H2,1-2H3,(H,14,15);1H. The molecule has 1 amide bonds. The number of benzene rings is 1. The van der Waals surface area contributed by atoms with Crippen LogP contribution in [0.4, 0.5) is 5.69 Å². The molecule has 8 heteroatoms. The Labute approximate surface area is 119 Å². The summed E-state index contributed by atoms with van der Waals surface area (Å²) in [5, 5.41) is 2.59. The third-order valence-corrected chi connectivity index (χ3v) is 3.73. The number of amides is 1. The zero-order chi connectivity index (χ0) is 13.8. The first kappa shape index (κ1) is 17.8. The zero-order valence-electron chi connectivity index (χ0n) is 10.8. The fraction of sp³-hybridized carbons (Fsp3) is 0.364. The number of sulfonamides is 1. The molecule has 19 heavy (non-hydrogen) atoms. The number of carbonyl (C=O) groups is 1. The summed E-state index contributed by atoms with van der Waals surface area (Å²) >= 11 is 0. The minimum Gasteiger partial charge on any atom is -0.329 e. The monoisotopic (exact) mass is 307 g/mol. The number of halogens is 1. The molecule has 0 saturated heterocycles. The predicted octanol–water partition coefficient (Wildman–Crippen LogP) is 0.612. The molecular weight excluding hydrogens is 290 g/mol. The van der Waals surface area contributed by atoms with Crippen LogP contribution in [0.15, 0.2) is 23.1 Å². The summed E-state index contributed by atoms with van der Waals surface area (Å²) in [5.41, 5.74) is 6.53. The number of aryl methyl sites for hydroxylation is 1. The third kappa shape index (κ3) is 5.15. The highest BCUT2D eigenvalue weighted by atomic mass is 35.5. The number of hydrogen-bond acceptors (Lipinski definition) is 4. The molecule has 1 aromatic rings. The van der Waals surface area contributed by atoms with Crippen LogP contribution in [0.3, 0.4) is 0 Å². The van der Waals surface area contributed by atoms with E-state index in [-0.39, 0.29) is 36.3 Å². The smallest absolute Gasteiger partial charge is 0.240 e. The lowest BCUT2D eigenvalue weighted by Gasteiger charge is -2.10. The van der Waals surface area contributed by atoms with Gasteiger partial charge in [-0.15, -0.1) is 12.4 Å². The van der Waals surface area contributed by atoms with Gasteiger partial charge in [0.05, 0.1) is 4.90 Å². The van der Waals surface area contributed by atoms with Gasteiger partial charge in [0.2, 0.25) is 15.9 Å². The van der Waals surface area contributed by atoms with Crippen molar-refractivity contribution in [2.24, 2.45) is 5.73 Å². The summed E-state index contributed by atoms with van der Waals surface area (Å²) in [7, 11) is -3.58. The topological polar surface area (TPSA) is 101 Å². The summed E-state index contributed by atoms with van der Waals surface area (Å²) in [5.74, 6) is -0.248. The van der Waals surface area contributed by atoms with Crippen molar-refractivity contribution in [1.29, 1.82) is 0 Å². The molecule has 0 fully saturated rings. The van der Waals surface area contributed by atoms with E-state index in [9.17, 15) is 13.2 Å². The van der Waals surface area contributed by atoms with E-state index in [1.807, 2.05) is 0 Å². The summed E-state index contributed by atoms with van der Waals surface area (Å²) in [4.78, 5) is 11.1. The first-order valence-corrected chi connectivity index (χ1v) is 6.93. The molecule has 0 bridgehead atoms. The van der Waals surface area contributed by atoms with Crippen molar-refractivity contribution in [2.75, 3.05) is 18.4 Å². The van der Waals surface area contributed by atoms with Crippen LogP contribution in [-0.4, -0.2) is 27.4 Å². The molecular formula is C11H18ClN3O3S. The Morgan fingerprint density at radius 1 is 1.37 bits per heavy atom. The number of hydrogen-bond donors (Lipinski definition) is 3. The quantitative estimate of drug-likeness (QED) is 0.742. The highest BCUT2D eigenvalue weighted by Crippen LogP contribution is 2.19. The van der Waals surface area contributed by atoms with Crippen molar-refractivity contribution in [1.82, 2.24) is 4.72 Å². The van der Waals surface area contributed by atoms with Crippen LogP contribution in [0.5, 0.6) is 0 Å². The van der Waals surface area contributed by atoms with E-state index in [4.69, 9.17) is 5.73 Å². The van der Waals surface area contributed by atoms with E-state index in [1.54, 1.807) is 13.0 Å². The van der Waals surface area contributed by atoms with Crippen molar-refractivity contribution >= 4 is 34.0 Å². The third-order valence-electron chi connectivity index (χ3n) is 2.27. The van der Waals surface area contributed by atoms with Crippen molar-refractivity contribution in [3.63, 3.8) is 0 Å². The van der Waals surface area contributed by atoms with Gasteiger partial charge in [-0.1, -0.05) is 6.07 Å². The molecule has 0 atom stereocenters. The average Bonchev–Trinajstić information content (AvgIpc) is 2.28. The van der Waals surface area contributed by atoms with Crippen molar-refractivity contribution in [3.8, 4) is 0 Å². The maximum atomic E-state index is 11.9. The number of rotatable bonds is 5. The molecule has 0 aliphatic carbocycles. The molecule has 6 nitrogen and oxygen atoms in total. The maximum Gasteiger partial charge on any atom is 0.240 e.